The van der Waals surface area contributed by atoms with Gasteiger partial charge in [0.2, 0.25) is 0 Å². The second-order valence-electron chi connectivity index (χ2n) is 5.46. The van der Waals surface area contributed by atoms with Crippen LogP contribution in [0.4, 0.5) is 0 Å². The molecule has 3 rings (SSSR count). The lowest BCUT2D eigenvalue weighted by Crippen LogP contribution is -2.38. The maximum atomic E-state index is 12.2. The lowest BCUT2D eigenvalue weighted by atomic mass is 10.1. The molecule has 1 unspecified atom stereocenters. The van der Waals surface area contributed by atoms with Crippen LogP contribution in [0.15, 0.2) is 40.9 Å². The predicted molar refractivity (Wildman–Crippen MR) is 78.2 cm³/mol. The van der Waals surface area contributed by atoms with Crippen molar-refractivity contribution in [2.24, 2.45) is 5.92 Å². The van der Waals surface area contributed by atoms with E-state index in [-0.39, 0.29) is 24.1 Å². The third kappa shape index (κ3) is 3.33. The minimum atomic E-state index is -0.915. The van der Waals surface area contributed by atoms with Crippen LogP contribution in [-0.2, 0) is 4.79 Å². The van der Waals surface area contributed by atoms with Crippen LogP contribution in [0.5, 0.6) is 0 Å². The summed E-state index contributed by atoms with van der Waals surface area (Å²) in [6, 6.07) is 10.6. The van der Waals surface area contributed by atoms with E-state index in [0.29, 0.717) is 5.76 Å². The monoisotopic (exact) mass is 300 g/mol. The van der Waals surface area contributed by atoms with E-state index < -0.39 is 11.9 Å². The zero-order valence-corrected chi connectivity index (χ0v) is 11.9. The standard InChI is InChI=1S/C16H16N2O4/c19-15(20)9-12(10-6-7-10)17-16(21)13-8-14(22-18-13)11-4-2-1-3-5-11/h1-5,8,10,12H,6-7,9H2,(H,17,21)(H,19,20). The number of hydrogen-bond acceptors (Lipinski definition) is 4. The zero-order chi connectivity index (χ0) is 15.5. The van der Waals surface area contributed by atoms with E-state index in [9.17, 15) is 9.59 Å². The van der Waals surface area contributed by atoms with Crippen LogP contribution in [-0.4, -0.2) is 28.2 Å². The molecule has 6 nitrogen and oxygen atoms in total. The molecule has 0 spiro atoms. The number of aromatic nitrogens is 1. The van der Waals surface area contributed by atoms with Crippen molar-refractivity contribution in [3.63, 3.8) is 0 Å². The lowest BCUT2D eigenvalue weighted by Gasteiger charge is -2.14. The molecular weight excluding hydrogens is 284 g/mol. The van der Waals surface area contributed by atoms with Gasteiger partial charge >= 0.3 is 5.97 Å². The first-order chi connectivity index (χ1) is 10.6. The van der Waals surface area contributed by atoms with Crippen LogP contribution >= 0.6 is 0 Å². The number of hydrogen-bond donors (Lipinski definition) is 2. The topological polar surface area (TPSA) is 92.4 Å². The molecule has 0 saturated heterocycles. The summed E-state index contributed by atoms with van der Waals surface area (Å²) in [5.41, 5.74) is 0.994. The Hall–Kier alpha value is -2.63. The largest absolute Gasteiger partial charge is 0.481 e. The number of rotatable bonds is 6. The molecule has 2 N–H and O–H groups in total. The van der Waals surface area contributed by atoms with Gasteiger partial charge in [-0.3, -0.25) is 9.59 Å². The molecule has 0 aliphatic heterocycles. The second-order valence-corrected chi connectivity index (χ2v) is 5.46. The number of carbonyl (C=O) groups is 2. The number of nitrogens with zero attached hydrogens (tertiary/aromatic N) is 1. The van der Waals surface area contributed by atoms with Crippen molar-refractivity contribution in [2.45, 2.75) is 25.3 Å². The van der Waals surface area contributed by atoms with Crippen LogP contribution in [0.1, 0.15) is 29.8 Å². The quantitative estimate of drug-likeness (QED) is 0.854. The summed E-state index contributed by atoms with van der Waals surface area (Å²) in [5, 5.41) is 15.4. The molecule has 1 aliphatic carbocycles. The molecule has 114 valence electrons. The first-order valence-corrected chi connectivity index (χ1v) is 7.18. The van der Waals surface area contributed by atoms with Crippen molar-refractivity contribution >= 4 is 11.9 Å². The molecule has 22 heavy (non-hydrogen) atoms. The van der Waals surface area contributed by atoms with Gasteiger partial charge < -0.3 is 14.9 Å². The molecule has 1 amide bonds. The number of amides is 1. The van der Waals surface area contributed by atoms with E-state index in [1.807, 2.05) is 30.3 Å². The van der Waals surface area contributed by atoms with Gasteiger partial charge in [0.15, 0.2) is 11.5 Å². The molecule has 1 aromatic carbocycles. The SMILES string of the molecule is O=C(O)CC(NC(=O)c1cc(-c2ccccc2)on1)C1CC1. The van der Waals surface area contributed by atoms with E-state index >= 15 is 0 Å². The van der Waals surface area contributed by atoms with E-state index in [0.717, 1.165) is 18.4 Å². The third-order valence-corrected chi connectivity index (χ3v) is 3.70. The van der Waals surface area contributed by atoms with Gasteiger partial charge in [0.25, 0.3) is 5.91 Å². The van der Waals surface area contributed by atoms with Crippen molar-refractivity contribution in [3.05, 3.63) is 42.1 Å². The van der Waals surface area contributed by atoms with Gasteiger partial charge in [0.1, 0.15) is 0 Å². The molecule has 2 aromatic rings. The average Bonchev–Trinajstić information content (AvgIpc) is 3.23. The highest BCUT2D eigenvalue weighted by molar-refractivity contribution is 5.93. The molecule has 6 heteroatoms. The average molecular weight is 300 g/mol. The van der Waals surface area contributed by atoms with Gasteiger partial charge in [-0.1, -0.05) is 35.5 Å². The molecule has 1 aromatic heterocycles. The summed E-state index contributed by atoms with van der Waals surface area (Å²) >= 11 is 0. The van der Waals surface area contributed by atoms with Gasteiger partial charge in [-0.15, -0.1) is 0 Å². The van der Waals surface area contributed by atoms with Crippen LogP contribution in [0.25, 0.3) is 11.3 Å². The predicted octanol–water partition coefficient (Wildman–Crippen LogP) is 2.32. The molecule has 1 fully saturated rings. The maximum absolute atomic E-state index is 12.2. The number of benzene rings is 1. The summed E-state index contributed by atoms with van der Waals surface area (Å²) in [4.78, 5) is 23.1. The van der Waals surface area contributed by atoms with Crippen LogP contribution in [0.2, 0.25) is 0 Å². The minimum absolute atomic E-state index is 0.0696. The van der Waals surface area contributed by atoms with Crippen LogP contribution < -0.4 is 5.32 Å². The first-order valence-electron chi connectivity index (χ1n) is 7.18. The highest BCUT2D eigenvalue weighted by Crippen LogP contribution is 2.34. The molecule has 1 heterocycles. The Bertz CT molecular complexity index is 676. The third-order valence-electron chi connectivity index (χ3n) is 3.70. The Balaban J connectivity index is 1.70. The number of nitrogens with one attached hydrogen (secondary N) is 1. The molecule has 0 bridgehead atoms. The Kier molecular flexibility index (Phi) is 3.91. The van der Waals surface area contributed by atoms with Gasteiger partial charge in [0.05, 0.1) is 6.42 Å². The molecule has 0 radical (unpaired) electrons. The summed E-state index contributed by atoms with van der Waals surface area (Å²) in [6.07, 6.45) is 1.83. The molecule has 1 aliphatic rings. The maximum Gasteiger partial charge on any atom is 0.305 e. The van der Waals surface area contributed by atoms with Gasteiger partial charge in [-0.05, 0) is 18.8 Å². The molecular formula is C16H16N2O4. The Labute approximate surface area is 127 Å². The highest BCUT2D eigenvalue weighted by Gasteiger charge is 2.34. The van der Waals surface area contributed by atoms with Gasteiger partial charge in [-0.25, -0.2) is 0 Å². The van der Waals surface area contributed by atoms with E-state index in [4.69, 9.17) is 9.63 Å². The fraction of sp³-hybridized carbons (Fsp3) is 0.312. The molecule has 1 saturated carbocycles. The Morgan fingerprint density at radius 1 is 1.32 bits per heavy atom. The number of carboxylic acids is 1. The first kappa shape index (κ1) is 14.3. The number of carboxylic acid groups (broad SMARTS) is 1. The van der Waals surface area contributed by atoms with Gasteiger partial charge in [-0.2, -0.15) is 0 Å². The van der Waals surface area contributed by atoms with Crippen LogP contribution in [0.3, 0.4) is 0 Å². The summed E-state index contributed by atoms with van der Waals surface area (Å²) < 4.78 is 5.18. The summed E-state index contributed by atoms with van der Waals surface area (Å²) in [6.45, 7) is 0. The van der Waals surface area contributed by atoms with E-state index in [2.05, 4.69) is 10.5 Å². The summed E-state index contributed by atoms with van der Waals surface area (Å²) in [7, 11) is 0. The summed E-state index contributed by atoms with van der Waals surface area (Å²) in [5.74, 6) is -0.557. The Morgan fingerprint density at radius 2 is 2.05 bits per heavy atom. The number of aliphatic carboxylic acids is 1. The molecule has 1 atom stereocenters. The van der Waals surface area contributed by atoms with E-state index in [1.165, 1.54) is 0 Å². The van der Waals surface area contributed by atoms with Crippen molar-refractivity contribution in [1.29, 1.82) is 0 Å². The fourth-order valence-electron chi connectivity index (χ4n) is 2.39. The van der Waals surface area contributed by atoms with Crippen molar-refractivity contribution in [1.82, 2.24) is 10.5 Å². The Morgan fingerprint density at radius 3 is 2.68 bits per heavy atom. The second kappa shape index (κ2) is 6.01. The van der Waals surface area contributed by atoms with Gasteiger partial charge in [0, 0.05) is 17.7 Å². The van der Waals surface area contributed by atoms with E-state index in [1.54, 1.807) is 6.07 Å². The number of carbonyl (C=O) groups excluding carboxylic acids is 1. The minimum Gasteiger partial charge on any atom is -0.481 e. The smallest absolute Gasteiger partial charge is 0.305 e. The normalized spacial score (nSPS) is 15.3. The van der Waals surface area contributed by atoms with Crippen LogP contribution in [0, 0.1) is 5.92 Å². The van der Waals surface area contributed by atoms with Crippen molar-refractivity contribution < 1.29 is 19.2 Å². The lowest BCUT2D eigenvalue weighted by molar-refractivity contribution is -0.137. The zero-order valence-electron chi connectivity index (χ0n) is 11.9. The van der Waals surface area contributed by atoms with Crippen molar-refractivity contribution in [3.8, 4) is 11.3 Å². The van der Waals surface area contributed by atoms with Crippen molar-refractivity contribution in [2.75, 3.05) is 0 Å². The highest BCUT2D eigenvalue weighted by atomic mass is 16.5. The fourth-order valence-corrected chi connectivity index (χ4v) is 2.39.